The Labute approximate surface area is 211 Å². The SMILES string of the molecule is O=C(O)CCC(=O)N(C1CC1)[C@H]1c2ccccc2N(C(=O)c2ccc(OC(F)(F)F)cc2)[C@@H]2CCC[C@@H]21. The number of anilines is 1. The molecule has 2 fully saturated rings. The summed E-state index contributed by atoms with van der Waals surface area (Å²) in [5.41, 5.74) is 1.75. The van der Waals surface area contributed by atoms with E-state index in [-0.39, 0.29) is 54.3 Å². The summed E-state index contributed by atoms with van der Waals surface area (Å²) >= 11 is 0. The second kappa shape index (κ2) is 9.72. The van der Waals surface area contributed by atoms with E-state index in [0.717, 1.165) is 49.8 Å². The lowest BCUT2D eigenvalue weighted by Crippen LogP contribution is -2.52. The number of carboxylic acid groups (broad SMARTS) is 1. The lowest BCUT2D eigenvalue weighted by molar-refractivity contribution is -0.274. The molecule has 5 rings (SSSR count). The average molecular weight is 517 g/mol. The molecule has 3 aliphatic rings. The summed E-state index contributed by atoms with van der Waals surface area (Å²) in [5, 5.41) is 9.12. The van der Waals surface area contributed by atoms with E-state index in [1.54, 1.807) is 4.90 Å². The van der Waals surface area contributed by atoms with Gasteiger partial charge in [0, 0.05) is 35.7 Å². The number of hydrogen-bond acceptors (Lipinski definition) is 4. The molecule has 0 radical (unpaired) electrons. The Morgan fingerprint density at radius 1 is 0.973 bits per heavy atom. The number of hydrogen-bond donors (Lipinski definition) is 1. The van der Waals surface area contributed by atoms with Crippen molar-refractivity contribution in [1.82, 2.24) is 4.90 Å². The van der Waals surface area contributed by atoms with E-state index >= 15 is 0 Å². The van der Waals surface area contributed by atoms with Gasteiger partial charge in [0.1, 0.15) is 5.75 Å². The van der Waals surface area contributed by atoms with Gasteiger partial charge in [0.15, 0.2) is 0 Å². The average Bonchev–Trinajstić information content (AvgIpc) is 3.57. The third kappa shape index (κ3) is 5.14. The number of carbonyl (C=O) groups excluding carboxylic acids is 2. The largest absolute Gasteiger partial charge is 0.573 e. The Morgan fingerprint density at radius 2 is 1.68 bits per heavy atom. The van der Waals surface area contributed by atoms with Crippen molar-refractivity contribution in [3.05, 3.63) is 59.7 Å². The second-order valence-corrected chi connectivity index (χ2v) is 9.84. The van der Waals surface area contributed by atoms with Crippen LogP contribution < -0.4 is 9.64 Å². The molecular formula is C27H27F3N2O5. The van der Waals surface area contributed by atoms with Crippen LogP contribution in [-0.2, 0) is 9.59 Å². The van der Waals surface area contributed by atoms with Crippen LogP contribution in [0.5, 0.6) is 5.75 Å². The molecular weight excluding hydrogens is 489 g/mol. The molecule has 7 nitrogen and oxygen atoms in total. The van der Waals surface area contributed by atoms with Gasteiger partial charge in [-0.25, -0.2) is 0 Å². The van der Waals surface area contributed by atoms with Gasteiger partial charge in [-0.2, -0.15) is 0 Å². The van der Waals surface area contributed by atoms with Gasteiger partial charge in [-0.3, -0.25) is 14.4 Å². The van der Waals surface area contributed by atoms with Crippen LogP contribution in [0.3, 0.4) is 0 Å². The Morgan fingerprint density at radius 3 is 2.32 bits per heavy atom. The molecule has 0 saturated heterocycles. The van der Waals surface area contributed by atoms with Crippen LogP contribution in [0.4, 0.5) is 18.9 Å². The highest BCUT2D eigenvalue weighted by Gasteiger charge is 2.51. The minimum Gasteiger partial charge on any atom is -0.481 e. The lowest BCUT2D eigenvalue weighted by Gasteiger charge is -2.48. The Bertz CT molecular complexity index is 1200. The molecule has 10 heteroatoms. The number of fused-ring (bicyclic) bond motifs is 2. The zero-order chi connectivity index (χ0) is 26.3. The summed E-state index contributed by atoms with van der Waals surface area (Å²) in [6.45, 7) is 0. The highest BCUT2D eigenvalue weighted by atomic mass is 19.4. The van der Waals surface area contributed by atoms with Gasteiger partial charge in [0.05, 0.1) is 12.5 Å². The Balaban J connectivity index is 1.49. The van der Waals surface area contributed by atoms with E-state index in [1.165, 1.54) is 12.1 Å². The Hall–Kier alpha value is -3.56. The van der Waals surface area contributed by atoms with E-state index in [1.807, 2.05) is 29.2 Å². The van der Waals surface area contributed by atoms with E-state index < -0.39 is 18.1 Å². The number of nitrogens with zero attached hydrogens (tertiary/aromatic N) is 2. The van der Waals surface area contributed by atoms with Gasteiger partial charge in [-0.1, -0.05) is 24.6 Å². The van der Waals surface area contributed by atoms with Crippen LogP contribution in [0.15, 0.2) is 48.5 Å². The number of ether oxygens (including phenoxy) is 1. The first kappa shape index (κ1) is 25.1. The van der Waals surface area contributed by atoms with E-state index in [0.29, 0.717) is 5.69 Å². The molecule has 1 N–H and O–H groups in total. The summed E-state index contributed by atoms with van der Waals surface area (Å²) in [5.74, 6) is -1.95. The summed E-state index contributed by atoms with van der Waals surface area (Å²) in [6, 6.07) is 11.9. The van der Waals surface area contributed by atoms with E-state index in [2.05, 4.69) is 4.74 Å². The first-order valence-corrected chi connectivity index (χ1v) is 12.5. The third-order valence-corrected chi connectivity index (χ3v) is 7.42. The van der Waals surface area contributed by atoms with Crippen molar-refractivity contribution in [3.63, 3.8) is 0 Å². The number of rotatable bonds is 7. The number of carbonyl (C=O) groups is 3. The van der Waals surface area contributed by atoms with Crippen molar-refractivity contribution in [2.45, 2.75) is 69.4 Å². The number of carboxylic acids is 1. The van der Waals surface area contributed by atoms with Crippen LogP contribution >= 0.6 is 0 Å². The van der Waals surface area contributed by atoms with Crippen molar-refractivity contribution < 1.29 is 37.4 Å². The van der Waals surface area contributed by atoms with Crippen LogP contribution in [0.25, 0.3) is 0 Å². The summed E-state index contributed by atoms with van der Waals surface area (Å²) in [4.78, 5) is 41.8. The fraction of sp³-hybridized carbons (Fsp3) is 0.444. The monoisotopic (exact) mass is 516 g/mol. The zero-order valence-electron chi connectivity index (χ0n) is 20.0. The highest BCUT2D eigenvalue weighted by Crippen LogP contribution is 2.53. The normalized spacial score (nSPS) is 22.7. The fourth-order valence-electron chi connectivity index (χ4n) is 5.86. The molecule has 2 saturated carbocycles. The standard InChI is InChI=1S/C27H27F3N2O5/c28-27(29,30)37-18-12-8-16(9-13-18)26(36)32-21-6-2-1-4-19(21)25(20-5-3-7-22(20)32)31(17-10-11-17)23(33)14-15-24(34)35/h1-2,4,6,8-9,12-13,17,20,22,25H,3,5,7,10-11,14-15H2,(H,34,35)/t20-,22+,25-/m0/s1. The molecule has 2 amide bonds. The number of amides is 2. The molecule has 1 aliphatic heterocycles. The molecule has 2 aromatic carbocycles. The maximum atomic E-state index is 13.8. The number of halogens is 3. The van der Waals surface area contributed by atoms with Crippen molar-refractivity contribution in [2.75, 3.05) is 4.90 Å². The number of aliphatic carboxylic acids is 1. The number of alkyl halides is 3. The molecule has 2 aliphatic carbocycles. The molecule has 0 spiro atoms. The summed E-state index contributed by atoms with van der Waals surface area (Å²) in [6.07, 6.45) is -0.990. The van der Waals surface area contributed by atoms with Crippen LogP contribution in [0.1, 0.15) is 66.9 Å². The van der Waals surface area contributed by atoms with Crippen LogP contribution in [0, 0.1) is 5.92 Å². The second-order valence-electron chi connectivity index (χ2n) is 9.84. The van der Waals surface area contributed by atoms with Crippen molar-refractivity contribution >= 4 is 23.5 Å². The molecule has 0 unspecified atom stereocenters. The van der Waals surface area contributed by atoms with Crippen LogP contribution in [-0.4, -0.2) is 46.2 Å². The number of para-hydroxylation sites is 1. The van der Waals surface area contributed by atoms with Gasteiger partial charge in [-0.05, 0) is 61.6 Å². The topological polar surface area (TPSA) is 87.2 Å². The molecule has 2 aromatic rings. The maximum Gasteiger partial charge on any atom is 0.573 e. The molecule has 37 heavy (non-hydrogen) atoms. The minimum absolute atomic E-state index is 0.0268. The number of benzene rings is 2. The quantitative estimate of drug-likeness (QED) is 0.539. The molecule has 196 valence electrons. The first-order valence-electron chi connectivity index (χ1n) is 12.5. The van der Waals surface area contributed by atoms with Crippen molar-refractivity contribution in [1.29, 1.82) is 0 Å². The van der Waals surface area contributed by atoms with E-state index in [4.69, 9.17) is 5.11 Å². The van der Waals surface area contributed by atoms with Gasteiger partial charge in [0.25, 0.3) is 5.91 Å². The minimum atomic E-state index is -4.82. The molecule has 0 aromatic heterocycles. The lowest BCUT2D eigenvalue weighted by atomic mass is 9.81. The Kier molecular flexibility index (Phi) is 6.59. The van der Waals surface area contributed by atoms with Gasteiger partial charge in [-0.15, -0.1) is 13.2 Å². The van der Waals surface area contributed by atoms with Gasteiger partial charge in [0.2, 0.25) is 5.91 Å². The fourth-order valence-corrected chi connectivity index (χ4v) is 5.86. The third-order valence-electron chi connectivity index (χ3n) is 7.42. The van der Waals surface area contributed by atoms with Crippen molar-refractivity contribution in [3.8, 4) is 5.75 Å². The predicted octanol–water partition coefficient (Wildman–Crippen LogP) is 5.31. The summed E-state index contributed by atoms with van der Waals surface area (Å²) < 4.78 is 41.6. The predicted molar refractivity (Wildman–Crippen MR) is 127 cm³/mol. The molecule has 0 bridgehead atoms. The smallest absolute Gasteiger partial charge is 0.481 e. The first-order chi connectivity index (χ1) is 17.6. The van der Waals surface area contributed by atoms with Gasteiger partial charge >= 0.3 is 12.3 Å². The van der Waals surface area contributed by atoms with E-state index in [9.17, 15) is 27.6 Å². The maximum absolute atomic E-state index is 13.8. The molecule has 1 heterocycles. The van der Waals surface area contributed by atoms with Crippen LogP contribution in [0.2, 0.25) is 0 Å². The zero-order valence-corrected chi connectivity index (χ0v) is 20.0. The molecule has 3 atom stereocenters. The van der Waals surface area contributed by atoms with Crippen molar-refractivity contribution in [2.24, 2.45) is 5.92 Å². The highest BCUT2D eigenvalue weighted by molar-refractivity contribution is 6.07. The van der Waals surface area contributed by atoms with Gasteiger partial charge < -0.3 is 19.6 Å². The summed E-state index contributed by atoms with van der Waals surface area (Å²) in [7, 11) is 0.